The van der Waals surface area contributed by atoms with Gasteiger partial charge in [0.05, 0.1) is 23.4 Å². The lowest BCUT2D eigenvalue weighted by atomic mass is 9.67. The second-order valence-corrected chi connectivity index (χ2v) is 18.3. The zero-order valence-corrected chi connectivity index (χ0v) is 37.0. The maximum atomic E-state index is 6.05. The lowest BCUT2D eigenvalue weighted by molar-refractivity contribution is 0.645. The Balaban J connectivity index is 0.988. The first-order valence-corrected chi connectivity index (χ1v) is 22.9. The molecule has 64 heavy (non-hydrogen) atoms. The summed E-state index contributed by atoms with van der Waals surface area (Å²) >= 11 is 1.85. The summed E-state index contributed by atoms with van der Waals surface area (Å²) in [5.41, 5.74) is 23.7. The van der Waals surface area contributed by atoms with E-state index in [4.69, 9.17) is 10.7 Å². The first kappa shape index (κ1) is 39.6. The first-order valence-electron chi connectivity index (χ1n) is 22.0. The Hall–Kier alpha value is -7.24. The van der Waals surface area contributed by atoms with Crippen molar-refractivity contribution < 1.29 is 0 Å². The fraction of sp³-hybridized carbons (Fsp3) is 0.0833. The number of rotatable bonds is 9. The number of para-hydroxylation sites is 2. The van der Waals surface area contributed by atoms with E-state index in [1.165, 1.54) is 87.0 Å². The Morgan fingerprint density at radius 1 is 0.531 bits per heavy atom. The fourth-order valence-corrected chi connectivity index (χ4v) is 11.0. The van der Waals surface area contributed by atoms with Crippen LogP contribution in [0, 0.1) is 6.92 Å². The molecule has 0 bridgehead atoms. The van der Waals surface area contributed by atoms with E-state index >= 15 is 0 Å². The molecule has 0 unspecified atom stereocenters. The zero-order valence-electron chi connectivity index (χ0n) is 36.2. The molecule has 11 rings (SSSR count). The second-order valence-electron chi connectivity index (χ2n) is 17.2. The first-order chi connectivity index (χ1) is 31.4. The number of aromatic nitrogens is 1. The highest BCUT2D eigenvalue weighted by atomic mass is 32.2. The van der Waals surface area contributed by atoms with Crippen molar-refractivity contribution in [2.75, 3.05) is 6.67 Å². The number of benzene rings is 9. The molecule has 0 aliphatic heterocycles. The molecule has 4 heteroatoms. The summed E-state index contributed by atoms with van der Waals surface area (Å²) in [4.78, 5) is 7.26. The Kier molecular flexibility index (Phi) is 9.99. The van der Waals surface area contributed by atoms with Gasteiger partial charge < -0.3 is 10.3 Å². The maximum Gasteiger partial charge on any atom is 0.0866 e. The molecule has 308 valence electrons. The van der Waals surface area contributed by atoms with Crippen LogP contribution in [0.3, 0.4) is 0 Å². The van der Waals surface area contributed by atoms with Crippen LogP contribution in [0.5, 0.6) is 0 Å². The molecule has 1 aliphatic carbocycles. The monoisotopic (exact) mass is 841 g/mol. The fourth-order valence-electron chi connectivity index (χ4n) is 10.00. The number of aliphatic imine (C=N–C) groups is 1. The number of fused-ring (bicyclic) bond motifs is 5. The number of aryl methyl sites for hydroxylation is 1. The highest BCUT2D eigenvalue weighted by molar-refractivity contribution is 7.99. The number of allylic oxidation sites excluding steroid dienone is 1. The van der Waals surface area contributed by atoms with Crippen molar-refractivity contribution in [3.8, 4) is 27.9 Å². The van der Waals surface area contributed by atoms with E-state index in [-0.39, 0.29) is 12.1 Å². The van der Waals surface area contributed by atoms with E-state index in [2.05, 4.69) is 213 Å². The summed E-state index contributed by atoms with van der Waals surface area (Å²) in [6.45, 7) is 7.22. The minimum absolute atomic E-state index is 0.212. The Labute approximate surface area is 379 Å². The maximum absolute atomic E-state index is 6.05. The van der Waals surface area contributed by atoms with Gasteiger partial charge in [-0.25, -0.2) is 0 Å². The third-order valence-electron chi connectivity index (χ3n) is 13.1. The van der Waals surface area contributed by atoms with Crippen LogP contribution in [-0.4, -0.2) is 16.9 Å². The van der Waals surface area contributed by atoms with E-state index in [1.54, 1.807) is 0 Å². The van der Waals surface area contributed by atoms with Crippen molar-refractivity contribution in [2.24, 2.45) is 10.7 Å². The number of nitrogens with zero attached hydrogens (tertiary/aromatic N) is 2. The molecule has 0 fully saturated rings. The van der Waals surface area contributed by atoms with Crippen LogP contribution in [0.1, 0.15) is 47.2 Å². The van der Waals surface area contributed by atoms with Gasteiger partial charge in [-0.2, -0.15) is 0 Å². The van der Waals surface area contributed by atoms with Crippen LogP contribution in [0.2, 0.25) is 0 Å². The van der Waals surface area contributed by atoms with Gasteiger partial charge in [-0.05, 0) is 127 Å². The van der Waals surface area contributed by atoms with Crippen molar-refractivity contribution >= 4 is 55.6 Å². The van der Waals surface area contributed by atoms with Crippen LogP contribution in [0.15, 0.2) is 221 Å². The highest BCUT2D eigenvalue weighted by Crippen LogP contribution is 2.52. The van der Waals surface area contributed by atoms with Crippen LogP contribution in [0.4, 0.5) is 0 Å². The Morgan fingerprint density at radius 3 is 1.88 bits per heavy atom. The van der Waals surface area contributed by atoms with Crippen LogP contribution in [0.25, 0.3) is 66.1 Å². The Bertz CT molecular complexity index is 3430. The standard InChI is InChI=1S/C60H47N3S/c1-39-35-43(63-55-26-13-10-21-46(55)47-22-11-14-27-56(47)63)30-34-57(39)64-58-28-15-12-23-48(58)44-32-33-50-45-31-29-42(36-53(45)60(2,3)52-25-16-24-49(44)59(50)52)51(40-17-6-4-7-18-40)37-54(62-38-61)41-19-8-5-9-20-41/h4-37H,38,61H2,1-3H3/b51-37-,62-54+. The molecule has 1 aromatic heterocycles. The molecule has 0 saturated heterocycles. The third-order valence-corrected chi connectivity index (χ3v) is 14.4. The van der Waals surface area contributed by atoms with Crippen molar-refractivity contribution in [2.45, 2.75) is 36.0 Å². The molecular formula is C60H47N3S. The number of hydrogen-bond donors (Lipinski definition) is 1. The molecule has 0 amide bonds. The minimum Gasteiger partial charge on any atom is -0.312 e. The molecule has 0 atom stereocenters. The predicted octanol–water partition coefficient (Wildman–Crippen LogP) is 15.2. The van der Waals surface area contributed by atoms with Crippen molar-refractivity contribution in [1.29, 1.82) is 0 Å². The third kappa shape index (κ3) is 6.69. The number of hydrogen-bond acceptors (Lipinski definition) is 3. The van der Waals surface area contributed by atoms with Crippen molar-refractivity contribution in [3.05, 3.63) is 240 Å². The van der Waals surface area contributed by atoms with Gasteiger partial charge in [0, 0.05) is 31.7 Å². The largest absolute Gasteiger partial charge is 0.312 e. The van der Waals surface area contributed by atoms with Crippen LogP contribution < -0.4 is 5.73 Å². The average Bonchev–Trinajstić information content (AvgIpc) is 3.68. The zero-order chi connectivity index (χ0) is 43.4. The van der Waals surface area contributed by atoms with Crippen molar-refractivity contribution in [1.82, 2.24) is 4.57 Å². The van der Waals surface area contributed by atoms with Gasteiger partial charge >= 0.3 is 0 Å². The van der Waals surface area contributed by atoms with Gasteiger partial charge in [0.15, 0.2) is 0 Å². The predicted molar refractivity (Wildman–Crippen MR) is 272 cm³/mol. The topological polar surface area (TPSA) is 43.3 Å². The van der Waals surface area contributed by atoms with Gasteiger partial charge in [-0.15, -0.1) is 0 Å². The normalized spacial score (nSPS) is 13.4. The van der Waals surface area contributed by atoms with E-state index in [0.717, 1.165) is 28.0 Å². The summed E-state index contributed by atoms with van der Waals surface area (Å²) < 4.78 is 2.40. The molecular weight excluding hydrogens is 795 g/mol. The Morgan fingerprint density at radius 2 is 1.16 bits per heavy atom. The molecule has 1 aliphatic rings. The summed E-state index contributed by atoms with van der Waals surface area (Å²) in [5, 5.41) is 5.16. The lowest BCUT2D eigenvalue weighted by Crippen LogP contribution is -2.24. The summed E-state index contributed by atoms with van der Waals surface area (Å²) in [6, 6.07) is 72.8. The summed E-state index contributed by atoms with van der Waals surface area (Å²) in [5.74, 6) is 0. The summed E-state index contributed by atoms with van der Waals surface area (Å²) in [7, 11) is 0. The van der Waals surface area contributed by atoms with Crippen LogP contribution >= 0.6 is 11.8 Å². The van der Waals surface area contributed by atoms with E-state index in [9.17, 15) is 0 Å². The van der Waals surface area contributed by atoms with Crippen LogP contribution in [-0.2, 0) is 5.41 Å². The van der Waals surface area contributed by atoms with E-state index in [1.807, 2.05) is 30.0 Å². The van der Waals surface area contributed by atoms with E-state index < -0.39 is 0 Å². The molecule has 0 saturated carbocycles. The van der Waals surface area contributed by atoms with Crippen molar-refractivity contribution in [3.63, 3.8) is 0 Å². The van der Waals surface area contributed by atoms with Gasteiger partial charge in [0.25, 0.3) is 0 Å². The average molecular weight is 842 g/mol. The molecule has 9 aromatic carbocycles. The second kappa shape index (κ2) is 16.1. The molecule has 0 spiro atoms. The van der Waals surface area contributed by atoms with E-state index in [0.29, 0.717) is 0 Å². The minimum atomic E-state index is -0.268. The number of nitrogens with two attached hydrogens (primary N) is 1. The summed E-state index contributed by atoms with van der Waals surface area (Å²) in [6.07, 6.45) is 2.20. The van der Waals surface area contributed by atoms with Gasteiger partial charge in [0.1, 0.15) is 0 Å². The molecule has 2 N–H and O–H groups in total. The lowest BCUT2D eigenvalue weighted by Gasteiger charge is -2.36. The highest BCUT2D eigenvalue weighted by Gasteiger charge is 2.34. The SMILES string of the molecule is Cc1cc(-n2c3ccccc3c3ccccc32)ccc1Sc1ccccc1-c1ccc2c3c(cccc13)C(C)(C)c1cc(/C(=C\C(=N/CN)c3ccccc3)c3ccccc3)ccc1-2. The smallest absolute Gasteiger partial charge is 0.0866 e. The molecule has 0 radical (unpaired) electrons. The molecule has 1 heterocycles. The quantitative estimate of drug-likeness (QED) is 0.147. The van der Waals surface area contributed by atoms with Gasteiger partial charge in [-0.1, -0.05) is 183 Å². The molecule has 10 aromatic rings. The van der Waals surface area contributed by atoms with Gasteiger partial charge in [-0.3, -0.25) is 4.99 Å². The van der Waals surface area contributed by atoms with Gasteiger partial charge in [0.2, 0.25) is 0 Å². The molecule has 3 nitrogen and oxygen atoms in total.